The van der Waals surface area contributed by atoms with Gasteiger partial charge in [-0.15, -0.1) is 0 Å². The van der Waals surface area contributed by atoms with Crippen LogP contribution >= 0.6 is 7.82 Å². The Balaban J connectivity index is 1.69. The van der Waals surface area contributed by atoms with Crippen LogP contribution in [0.4, 0.5) is 4.39 Å². The van der Waals surface area contributed by atoms with Crippen molar-refractivity contribution in [1.29, 1.82) is 0 Å². The molecule has 2 heterocycles. The number of aromatic nitrogens is 2. The summed E-state index contributed by atoms with van der Waals surface area (Å²) >= 11 is 0. The van der Waals surface area contributed by atoms with Crippen molar-refractivity contribution in [2.45, 2.75) is 95.7 Å². The molecule has 4 N–H and O–H groups in total. The zero-order valence-electron chi connectivity index (χ0n) is 19.4. The molecule has 0 aliphatic carbocycles. The van der Waals surface area contributed by atoms with E-state index in [0.717, 1.165) is 19.3 Å². The fourth-order valence-electron chi connectivity index (χ4n) is 3.72. The number of nitrogens with zero attached hydrogens (tertiary/aromatic N) is 1. The highest BCUT2D eigenvalue weighted by molar-refractivity contribution is 7.47. The number of nitrogens with one attached hydrogen (secondary N) is 1. The Labute approximate surface area is 197 Å². The molecule has 0 radical (unpaired) electrons. The Morgan fingerprint density at radius 3 is 2.24 bits per heavy atom. The smallest absolute Gasteiger partial charge is 0.387 e. The van der Waals surface area contributed by atoms with Gasteiger partial charge in [0.05, 0.1) is 19.4 Å². The maximum absolute atomic E-state index is 13.5. The molecule has 0 saturated carbocycles. The van der Waals surface area contributed by atoms with E-state index in [1.807, 2.05) is 0 Å². The van der Waals surface area contributed by atoms with Gasteiger partial charge in [-0.05, 0) is 6.42 Å². The Hall–Kier alpha value is -1.40. The van der Waals surface area contributed by atoms with E-state index in [0.29, 0.717) is 17.2 Å². The summed E-state index contributed by atoms with van der Waals surface area (Å²) in [6.45, 7) is 1.59. The van der Waals surface area contributed by atoms with Crippen molar-refractivity contribution < 1.29 is 37.8 Å². The number of H-pyrrole nitrogens is 1. The molecule has 1 saturated heterocycles. The van der Waals surface area contributed by atoms with E-state index in [9.17, 15) is 33.7 Å². The zero-order chi connectivity index (χ0) is 25.1. The molecule has 0 bridgehead atoms. The summed E-state index contributed by atoms with van der Waals surface area (Å²) < 4.78 is 41.3. The third-order valence-electron chi connectivity index (χ3n) is 5.69. The zero-order valence-corrected chi connectivity index (χ0v) is 20.3. The molecule has 11 nitrogen and oxygen atoms in total. The standard InChI is InChI=1S/C21H36FN2O9P/c1-2-3-4-5-6-7-8-9-10-11-12-31-34(29,30)32-14-16-17(25)18(26)20(33-16)24-13-15(22)19(27)23-21(24)28/h13,16-18,20,25-26H,2-12,14H2,1H3,(H,29,30)(H,23,27,28)/t16-,17-,18-,20-/m1/s1. The normalized spacial score (nSPS) is 24.4. The predicted octanol–water partition coefficient (Wildman–Crippen LogP) is 2.35. The van der Waals surface area contributed by atoms with Gasteiger partial charge in [-0.1, -0.05) is 64.7 Å². The van der Waals surface area contributed by atoms with Crippen LogP contribution in [0.5, 0.6) is 0 Å². The van der Waals surface area contributed by atoms with E-state index < -0.39 is 56.0 Å². The minimum Gasteiger partial charge on any atom is -0.387 e. The molecule has 1 aliphatic rings. The van der Waals surface area contributed by atoms with Crippen molar-refractivity contribution in [2.24, 2.45) is 0 Å². The quantitative estimate of drug-likeness (QED) is 0.193. The second-order valence-electron chi connectivity index (χ2n) is 8.47. The fraction of sp³-hybridized carbons (Fsp3) is 0.810. The van der Waals surface area contributed by atoms with Crippen molar-refractivity contribution in [3.8, 4) is 0 Å². The van der Waals surface area contributed by atoms with Crippen molar-refractivity contribution in [3.63, 3.8) is 0 Å². The molecule has 1 aliphatic heterocycles. The number of aliphatic hydroxyl groups is 2. The first-order chi connectivity index (χ1) is 16.2. The Bertz CT molecular complexity index is 909. The number of phosphoric acid groups is 1. The number of aliphatic hydroxyl groups excluding tert-OH is 2. The molecule has 1 fully saturated rings. The van der Waals surface area contributed by atoms with Crippen LogP contribution in [-0.4, -0.2) is 56.2 Å². The lowest BCUT2D eigenvalue weighted by Crippen LogP contribution is -2.38. The summed E-state index contributed by atoms with van der Waals surface area (Å²) in [5.74, 6) is -1.29. The maximum atomic E-state index is 13.5. The van der Waals surface area contributed by atoms with Gasteiger partial charge >= 0.3 is 13.5 Å². The van der Waals surface area contributed by atoms with Crippen LogP contribution in [0, 0.1) is 5.82 Å². The van der Waals surface area contributed by atoms with Gasteiger partial charge in [0.25, 0.3) is 5.56 Å². The second kappa shape index (κ2) is 14.2. The molecular formula is C21H36FN2O9P. The third kappa shape index (κ3) is 8.99. The van der Waals surface area contributed by atoms with Crippen LogP contribution in [-0.2, 0) is 18.3 Å². The van der Waals surface area contributed by atoms with Gasteiger partial charge in [-0.3, -0.25) is 23.4 Å². The molecule has 196 valence electrons. The maximum Gasteiger partial charge on any atom is 0.472 e. The number of halogens is 1. The Morgan fingerprint density at radius 1 is 1.03 bits per heavy atom. The molecule has 0 amide bonds. The van der Waals surface area contributed by atoms with E-state index in [1.165, 1.54) is 38.5 Å². The lowest BCUT2D eigenvalue weighted by Gasteiger charge is -2.18. The molecule has 34 heavy (non-hydrogen) atoms. The molecular weight excluding hydrogens is 474 g/mol. The molecule has 2 rings (SSSR count). The topological polar surface area (TPSA) is 160 Å². The van der Waals surface area contributed by atoms with Crippen LogP contribution < -0.4 is 11.2 Å². The number of unbranched alkanes of at least 4 members (excludes halogenated alkanes) is 9. The van der Waals surface area contributed by atoms with Gasteiger partial charge in [0, 0.05) is 0 Å². The van der Waals surface area contributed by atoms with E-state index in [4.69, 9.17) is 13.8 Å². The van der Waals surface area contributed by atoms with Crippen molar-refractivity contribution >= 4 is 7.82 Å². The van der Waals surface area contributed by atoms with E-state index in [1.54, 1.807) is 4.98 Å². The monoisotopic (exact) mass is 510 g/mol. The summed E-state index contributed by atoms with van der Waals surface area (Å²) in [6.07, 6.45) is 5.46. The number of hydrogen-bond acceptors (Lipinski definition) is 8. The fourth-order valence-corrected chi connectivity index (χ4v) is 4.49. The average Bonchev–Trinajstić information content (AvgIpc) is 3.07. The summed E-state index contributed by atoms with van der Waals surface area (Å²) in [4.78, 5) is 34.6. The highest BCUT2D eigenvalue weighted by Crippen LogP contribution is 2.44. The molecule has 13 heteroatoms. The first-order valence-electron chi connectivity index (χ1n) is 11.8. The van der Waals surface area contributed by atoms with Crippen molar-refractivity contribution in [2.75, 3.05) is 13.2 Å². The highest BCUT2D eigenvalue weighted by Gasteiger charge is 2.45. The van der Waals surface area contributed by atoms with Gasteiger partial charge in [-0.25, -0.2) is 9.36 Å². The van der Waals surface area contributed by atoms with Gasteiger partial charge in [0.1, 0.15) is 18.3 Å². The van der Waals surface area contributed by atoms with Gasteiger partial charge < -0.3 is 19.8 Å². The lowest BCUT2D eigenvalue weighted by molar-refractivity contribution is -0.0556. The molecule has 5 atom stereocenters. The largest absolute Gasteiger partial charge is 0.472 e. The Kier molecular flexibility index (Phi) is 12.1. The van der Waals surface area contributed by atoms with Crippen LogP contribution in [0.1, 0.15) is 77.4 Å². The minimum absolute atomic E-state index is 0.0235. The van der Waals surface area contributed by atoms with Crippen LogP contribution in [0.2, 0.25) is 0 Å². The molecule has 0 aromatic carbocycles. The van der Waals surface area contributed by atoms with Crippen molar-refractivity contribution in [3.05, 3.63) is 32.9 Å². The minimum atomic E-state index is -4.43. The first kappa shape index (κ1) is 28.8. The number of phosphoric ester groups is 1. The molecule has 1 aromatic rings. The van der Waals surface area contributed by atoms with Crippen LogP contribution in [0.25, 0.3) is 0 Å². The van der Waals surface area contributed by atoms with Crippen LogP contribution in [0.15, 0.2) is 15.8 Å². The van der Waals surface area contributed by atoms with Crippen LogP contribution in [0.3, 0.4) is 0 Å². The average molecular weight is 510 g/mol. The number of aromatic amines is 1. The van der Waals surface area contributed by atoms with E-state index >= 15 is 0 Å². The van der Waals surface area contributed by atoms with Crippen molar-refractivity contribution in [1.82, 2.24) is 9.55 Å². The third-order valence-corrected chi connectivity index (χ3v) is 6.67. The lowest BCUT2D eigenvalue weighted by atomic mass is 10.1. The summed E-state index contributed by atoms with van der Waals surface area (Å²) in [7, 11) is -4.43. The van der Waals surface area contributed by atoms with Gasteiger partial charge in [-0.2, -0.15) is 4.39 Å². The molecule has 0 spiro atoms. The molecule has 1 unspecified atom stereocenters. The van der Waals surface area contributed by atoms with E-state index in [2.05, 4.69) is 6.92 Å². The predicted molar refractivity (Wildman–Crippen MR) is 121 cm³/mol. The SMILES string of the molecule is CCCCCCCCCCCCOP(=O)(O)OC[C@H]1O[C@@H](n2cc(F)c(=O)[nH]c2=O)[C@H](O)[C@@H]1O. The highest BCUT2D eigenvalue weighted by atomic mass is 31.2. The van der Waals surface area contributed by atoms with Gasteiger partial charge in [0.15, 0.2) is 6.23 Å². The summed E-state index contributed by atoms with van der Waals surface area (Å²) in [6, 6.07) is 0. The number of ether oxygens (including phenoxy) is 1. The first-order valence-corrected chi connectivity index (χ1v) is 13.3. The van der Waals surface area contributed by atoms with E-state index in [-0.39, 0.29) is 6.61 Å². The summed E-state index contributed by atoms with van der Waals surface area (Å²) in [5.41, 5.74) is -2.30. The second-order valence-corrected chi connectivity index (χ2v) is 9.92. The summed E-state index contributed by atoms with van der Waals surface area (Å²) in [5, 5.41) is 20.3. The number of rotatable bonds is 16. The number of hydrogen-bond donors (Lipinski definition) is 4. The molecule has 1 aromatic heterocycles. The Morgan fingerprint density at radius 2 is 1.62 bits per heavy atom. The van der Waals surface area contributed by atoms with Gasteiger partial charge in [0.2, 0.25) is 5.82 Å².